The van der Waals surface area contributed by atoms with Crippen LogP contribution in [0.1, 0.15) is 6.42 Å². The number of anilines is 1. The van der Waals surface area contributed by atoms with Crippen LogP contribution < -0.4 is 5.32 Å². The Kier molecular flexibility index (Phi) is 7.10. The van der Waals surface area contributed by atoms with E-state index < -0.39 is 15.7 Å². The van der Waals surface area contributed by atoms with Crippen molar-refractivity contribution in [1.29, 1.82) is 0 Å². The number of oxazole rings is 1. The van der Waals surface area contributed by atoms with Crippen molar-refractivity contribution in [2.75, 3.05) is 44.7 Å². The van der Waals surface area contributed by atoms with Gasteiger partial charge >= 0.3 is 0 Å². The van der Waals surface area contributed by atoms with Gasteiger partial charge in [-0.25, -0.2) is 12.8 Å². The molecule has 1 aliphatic rings. The zero-order valence-corrected chi connectivity index (χ0v) is 18.8. The van der Waals surface area contributed by atoms with E-state index in [4.69, 9.17) is 20.8 Å². The van der Waals surface area contributed by atoms with Crippen LogP contribution in [-0.2, 0) is 14.6 Å². The van der Waals surface area contributed by atoms with Gasteiger partial charge in [-0.05, 0) is 61.5 Å². The highest BCUT2D eigenvalue weighted by Gasteiger charge is 2.28. The second kappa shape index (κ2) is 9.99. The summed E-state index contributed by atoms with van der Waals surface area (Å²) in [5.41, 5.74) is 0.589. The highest BCUT2D eigenvalue weighted by molar-refractivity contribution is 7.91. The number of nitrogens with zero attached hydrogens (tertiary/aromatic N) is 2. The molecule has 0 atom stereocenters. The maximum Gasteiger partial charge on any atom is 0.233 e. The third-order valence-corrected chi connectivity index (χ3v) is 7.04. The fourth-order valence-electron chi connectivity index (χ4n) is 3.37. The summed E-state index contributed by atoms with van der Waals surface area (Å²) in [5, 5.41) is 3.38. The highest BCUT2D eigenvalue weighted by Crippen LogP contribution is 2.32. The van der Waals surface area contributed by atoms with Crippen LogP contribution in [0, 0.1) is 5.82 Å². The van der Waals surface area contributed by atoms with Crippen molar-refractivity contribution in [1.82, 2.24) is 9.88 Å². The minimum atomic E-state index is -4.03. The zero-order valence-electron chi connectivity index (χ0n) is 17.3. The van der Waals surface area contributed by atoms with Gasteiger partial charge in [0.25, 0.3) is 0 Å². The number of halogens is 2. The van der Waals surface area contributed by atoms with Crippen LogP contribution >= 0.6 is 11.6 Å². The van der Waals surface area contributed by atoms with Gasteiger partial charge in [0.15, 0.2) is 0 Å². The van der Waals surface area contributed by atoms with Crippen molar-refractivity contribution in [2.24, 2.45) is 0 Å². The molecule has 0 bridgehead atoms. The minimum Gasteiger partial charge on any atom is -0.419 e. The molecule has 0 amide bonds. The van der Waals surface area contributed by atoms with Crippen LogP contribution in [0.2, 0.25) is 5.02 Å². The molecular weight excluding hydrogens is 457 g/mol. The number of rotatable bonds is 8. The molecule has 2 heterocycles. The van der Waals surface area contributed by atoms with E-state index in [2.05, 4.69) is 15.2 Å². The highest BCUT2D eigenvalue weighted by atomic mass is 35.5. The van der Waals surface area contributed by atoms with E-state index in [-0.39, 0.29) is 21.7 Å². The normalized spacial score (nSPS) is 15.1. The number of hydrogen-bond acceptors (Lipinski definition) is 7. The third kappa shape index (κ3) is 5.29. The van der Waals surface area contributed by atoms with Crippen LogP contribution in [0.5, 0.6) is 0 Å². The number of benzene rings is 2. The molecule has 1 aromatic heterocycles. The van der Waals surface area contributed by atoms with Crippen LogP contribution in [0.4, 0.5) is 10.3 Å². The van der Waals surface area contributed by atoms with Gasteiger partial charge in [0.05, 0.1) is 18.1 Å². The van der Waals surface area contributed by atoms with Gasteiger partial charge in [0, 0.05) is 30.2 Å². The maximum absolute atomic E-state index is 13.3. The predicted octanol–water partition coefficient (Wildman–Crippen LogP) is 4.10. The summed E-state index contributed by atoms with van der Waals surface area (Å²) in [6.07, 6.45) is 0.785. The first kappa shape index (κ1) is 22.7. The molecule has 0 spiro atoms. The summed E-state index contributed by atoms with van der Waals surface area (Å²) < 4.78 is 50.9. The molecule has 4 rings (SSSR count). The van der Waals surface area contributed by atoms with E-state index >= 15 is 0 Å². The van der Waals surface area contributed by atoms with E-state index in [9.17, 15) is 12.8 Å². The van der Waals surface area contributed by atoms with Crippen LogP contribution in [0.25, 0.3) is 11.5 Å². The number of aromatic nitrogens is 1. The Morgan fingerprint density at radius 3 is 2.44 bits per heavy atom. The van der Waals surface area contributed by atoms with Crippen molar-refractivity contribution in [3.05, 3.63) is 59.4 Å². The van der Waals surface area contributed by atoms with Gasteiger partial charge < -0.3 is 14.5 Å². The van der Waals surface area contributed by atoms with Crippen molar-refractivity contribution in [2.45, 2.75) is 16.3 Å². The number of morpholine rings is 1. The van der Waals surface area contributed by atoms with Crippen molar-refractivity contribution in [3.8, 4) is 11.5 Å². The predicted molar refractivity (Wildman–Crippen MR) is 119 cm³/mol. The van der Waals surface area contributed by atoms with E-state index in [0.29, 0.717) is 17.1 Å². The summed E-state index contributed by atoms with van der Waals surface area (Å²) in [7, 11) is -4.03. The summed E-state index contributed by atoms with van der Waals surface area (Å²) >= 11 is 5.95. The Bertz CT molecular complexity index is 1140. The Balaban J connectivity index is 1.58. The number of sulfone groups is 1. The summed E-state index contributed by atoms with van der Waals surface area (Å²) in [4.78, 5) is 6.50. The van der Waals surface area contributed by atoms with Crippen LogP contribution in [-0.4, -0.2) is 57.7 Å². The average Bonchev–Trinajstić information content (AvgIpc) is 3.23. The topological polar surface area (TPSA) is 84.7 Å². The third-order valence-electron chi connectivity index (χ3n) is 5.11. The molecule has 2 aromatic carbocycles. The second-order valence-electron chi connectivity index (χ2n) is 7.35. The first-order chi connectivity index (χ1) is 15.4. The van der Waals surface area contributed by atoms with E-state index in [1.165, 1.54) is 12.1 Å². The van der Waals surface area contributed by atoms with Crippen LogP contribution in [0.15, 0.2) is 62.9 Å². The smallest absolute Gasteiger partial charge is 0.233 e. The van der Waals surface area contributed by atoms with Crippen molar-refractivity contribution < 1.29 is 22.0 Å². The fraction of sp³-hybridized carbons (Fsp3) is 0.318. The van der Waals surface area contributed by atoms with Gasteiger partial charge in [-0.15, -0.1) is 0 Å². The maximum atomic E-state index is 13.3. The van der Waals surface area contributed by atoms with Crippen molar-refractivity contribution in [3.63, 3.8) is 0 Å². The van der Waals surface area contributed by atoms with Gasteiger partial charge in [0.2, 0.25) is 26.6 Å². The number of ether oxygens (including phenoxy) is 1. The van der Waals surface area contributed by atoms with Gasteiger partial charge in [-0.2, -0.15) is 4.98 Å². The van der Waals surface area contributed by atoms with E-state index in [1.54, 1.807) is 24.3 Å². The molecule has 1 fully saturated rings. The largest absolute Gasteiger partial charge is 0.419 e. The minimum absolute atomic E-state index is 0.0567. The van der Waals surface area contributed by atoms with E-state index in [1.807, 2.05) is 0 Å². The summed E-state index contributed by atoms with van der Waals surface area (Å²) in [6, 6.07) is 11.4. The van der Waals surface area contributed by atoms with Gasteiger partial charge in [-0.3, -0.25) is 4.90 Å². The SMILES string of the molecule is O=S(=O)(c1ccc(F)cc1)c1nc(-c2ccc(Cl)cc2)oc1NCCCN1CCOCC1. The summed E-state index contributed by atoms with van der Waals surface area (Å²) in [5.74, 6) is -0.313. The Morgan fingerprint density at radius 2 is 1.75 bits per heavy atom. The number of nitrogens with one attached hydrogen (secondary N) is 1. The lowest BCUT2D eigenvalue weighted by atomic mass is 10.2. The zero-order chi connectivity index (χ0) is 22.6. The molecule has 0 saturated carbocycles. The molecule has 1 saturated heterocycles. The quantitative estimate of drug-likeness (QED) is 0.384. The van der Waals surface area contributed by atoms with Crippen LogP contribution in [0.3, 0.4) is 0 Å². The molecule has 0 aliphatic carbocycles. The first-order valence-corrected chi connectivity index (χ1v) is 12.1. The van der Waals surface area contributed by atoms with Gasteiger partial charge in [-0.1, -0.05) is 11.6 Å². The summed E-state index contributed by atoms with van der Waals surface area (Å²) in [6.45, 7) is 4.56. The fourth-order valence-corrected chi connectivity index (χ4v) is 4.78. The number of hydrogen-bond donors (Lipinski definition) is 1. The molecule has 0 radical (unpaired) electrons. The standard InChI is InChI=1S/C22H23ClFN3O4S/c23-17-4-2-16(3-5-17)20-26-22(32(28,29)19-8-6-18(24)7-9-19)21(31-20)25-10-1-11-27-12-14-30-15-13-27/h2-9,25H,1,10-15H2. The lowest BCUT2D eigenvalue weighted by Gasteiger charge is -2.26. The molecule has 1 aliphatic heterocycles. The van der Waals surface area contributed by atoms with Crippen molar-refractivity contribution >= 4 is 27.3 Å². The lowest BCUT2D eigenvalue weighted by molar-refractivity contribution is 0.0378. The molecule has 3 aromatic rings. The van der Waals surface area contributed by atoms with Gasteiger partial charge in [0.1, 0.15) is 5.82 Å². The molecule has 1 N–H and O–H groups in total. The molecule has 0 unspecified atom stereocenters. The first-order valence-electron chi connectivity index (χ1n) is 10.2. The second-order valence-corrected chi connectivity index (χ2v) is 9.65. The molecular formula is C22H23ClFN3O4S. The Morgan fingerprint density at radius 1 is 1.06 bits per heavy atom. The Labute approximate surface area is 191 Å². The molecule has 170 valence electrons. The van der Waals surface area contributed by atoms with E-state index in [0.717, 1.165) is 51.4 Å². The monoisotopic (exact) mass is 479 g/mol. The molecule has 7 nitrogen and oxygen atoms in total. The Hall–Kier alpha value is -2.46. The molecule has 10 heteroatoms. The molecule has 32 heavy (non-hydrogen) atoms. The average molecular weight is 480 g/mol. The lowest BCUT2D eigenvalue weighted by Crippen LogP contribution is -2.37.